The summed E-state index contributed by atoms with van der Waals surface area (Å²) >= 11 is 0. The molecule has 0 aromatic rings. The minimum Gasteiger partial charge on any atom is -0.122 e. The first-order chi connectivity index (χ1) is 3.91. The molecule has 1 unspecified atom stereocenters. The van der Waals surface area contributed by atoms with E-state index in [9.17, 15) is 0 Å². The molecule has 0 amide bonds. The molecule has 0 saturated heterocycles. The zero-order valence-electron chi connectivity index (χ0n) is 5.61. The summed E-state index contributed by atoms with van der Waals surface area (Å²) in [7, 11) is 1.17. The minimum atomic E-state index is 1.17. The van der Waals surface area contributed by atoms with Gasteiger partial charge in [-0.25, -0.2) is 0 Å². The van der Waals surface area contributed by atoms with Gasteiger partial charge < -0.3 is 0 Å². The maximum atomic E-state index is 3.66. The van der Waals surface area contributed by atoms with Crippen LogP contribution in [0.1, 0.15) is 19.8 Å². The first-order valence-corrected chi connectivity index (χ1v) is 4.64. The van der Waals surface area contributed by atoms with Crippen molar-refractivity contribution >= 4 is 8.58 Å². The maximum absolute atomic E-state index is 3.66. The average molecular weight is 130 g/mol. The highest BCUT2D eigenvalue weighted by atomic mass is 31.1. The van der Waals surface area contributed by atoms with Crippen molar-refractivity contribution < 1.29 is 0 Å². The van der Waals surface area contributed by atoms with Gasteiger partial charge in [0.05, 0.1) is 0 Å². The Hall–Kier alpha value is 0.170. The predicted molar refractivity (Wildman–Crippen MR) is 43.2 cm³/mol. The molecule has 0 aliphatic heterocycles. The van der Waals surface area contributed by atoms with Crippen LogP contribution in [0, 0.1) is 0 Å². The van der Waals surface area contributed by atoms with Gasteiger partial charge in [0.1, 0.15) is 0 Å². The van der Waals surface area contributed by atoms with Crippen LogP contribution in [0.5, 0.6) is 0 Å². The summed E-state index contributed by atoms with van der Waals surface area (Å²) in [6.45, 7) is 5.90. The van der Waals surface area contributed by atoms with E-state index in [1.807, 2.05) is 6.08 Å². The highest BCUT2D eigenvalue weighted by Gasteiger charge is 1.80. The fourth-order valence-electron chi connectivity index (χ4n) is 0.506. The van der Waals surface area contributed by atoms with Gasteiger partial charge in [0.25, 0.3) is 0 Å². The maximum Gasteiger partial charge on any atom is -0.0316 e. The Bertz CT molecular complexity index is 50.3. The Morgan fingerprint density at radius 1 is 1.50 bits per heavy atom. The van der Waals surface area contributed by atoms with Gasteiger partial charge in [-0.05, 0) is 18.7 Å². The molecule has 8 heavy (non-hydrogen) atoms. The summed E-state index contributed by atoms with van der Waals surface area (Å²) in [4.78, 5) is 0. The molecule has 0 spiro atoms. The normalized spacial score (nSPS) is 10.6. The van der Waals surface area contributed by atoms with Gasteiger partial charge in [-0.3, -0.25) is 0 Å². The summed E-state index contributed by atoms with van der Waals surface area (Å²) in [6, 6.07) is 0. The quantitative estimate of drug-likeness (QED) is 0.305. The Kier molecular flexibility index (Phi) is 7.32. The molecule has 0 aliphatic carbocycles. The lowest BCUT2D eigenvalue weighted by Crippen LogP contribution is -1.74. The Balaban J connectivity index is 2.62. The molecule has 0 aromatic carbocycles. The second-order valence-electron chi connectivity index (χ2n) is 1.83. The summed E-state index contributed by atoms with van der Waals surface area (Å²) in [5.74, 6) is 0. The van der Waals surface area contributed by atoms with Gasteiger partial charge in [0.15, 0.2) is 0 Å². The highest BCUT2D eigenvalue weighted by molar-refractivity contribution is 7.37. The number of hydrogen-bond donors (Lipinski definition) is 0. The van der Waals surface area contributed by atoms with Crippen molar-refractivity contribution in [2.75, 3.05) is 12.3 Å². The molecule has 0 radical (unpaired) electrons. The molecule has 0 N–H and O–H groups in total. The van der Waals surface area contributed by atoms with E-state index in [1.165, 1.54) is 33.7 Å². The van der Waals surface area contributed by atoms with Crippen molar-refractivity contribution in [2.45, 2.75) is 19.8 Å². The summed E-state index contributed by atoms with van der Waals surface area (Å²) in [5, 5.41) is 0. The fourth-order valence-corrected chi connectivity index (χ4v) is 1.52. The average Bonchev–Trinajstić information content (AvgIpc) is 1.81. The lowest BCUT2D eigenvalue weighted by molar-refractivity contribution is 1.09. The Labute approximate surface area is 54.2 Å². The summed E-state index contributed by atoms with van der Waals surface area (Å²) in [5.41, 5.74) is 0. The van der Waals surface area contributed by atoms with Crippen molar-refractivity contribution in [1.82, 2.24) is 0 Å². The third-order valence-electron chi connectivity index (χ3n) is 0.952. The third kappa shape index (κ3) is 6.17. The van der Waals surface area contributed by atoms with E-state index < -0.39 is 0 Å². The van der Waals surface area contributed by atoms with E-state index in [2.05, 4.69) is 13.5 Å². The Morgan fingerprint density at radius 2 is 2.25 bits per heavy atom. The van der Waals surface area contributed by atoms with E-state index in [4.69, 9.17) is 0 Å². The van der Waals surface area contributed by atoms with Crippen LogP contribution in [0.3, 0.4) is 0 Å². The smallest absolute Gasteiger partial charge is 0.0316 e. The number of allylic oxidation sites excluding steroid dienone is 1. The van der Waals surface area contributed by atoms with Gasteiger partial charge in [-0.15, -0.1) is 15.2 Å². The van der Waals surface area contributed by atoms with Crippen LogP contribution in [0.2, 0.25) is 0 Å². The molecule has 0 aliphatic rings. The van der Waals surface area contributed by atoms with Gasteiger partial charge in [-0.1, -0.05) is 19.4 Å². The van der Waals surface area contributed by atoms with E-state index in [0.717, 1.165) is 0 Å². The molecule has 1 atom stereocenters. The molecular formula is C7H15P. The lowest BCUT2D eigenvalue weighted by atomic mass is 10.5. The topological polar surface area (TPSA) is 0 Å². The van der Waals surface area contributed by atoms with Gasteiger partial charge in [0, 0.05) is 0 Å². The van der Waals surface area contributed by atoms with Crippen LogP contribution in [-0.4, -0.2) is 12.3 Å². The highest BCUT2D eigenvalue weighted by Crippen LogP contribution is 2.11. The van der Waals surface area contributed by atoms with E-state index >= 15 is 0 Å². The number of rotatable bonds is 5. The van der Waals surface area contributed by atoms with Crippen LogP contribution in [0.4, 0.5) is 0 Å². The molecule has 48 valence electrons. The molecule has 0 heterocycles. The first kappa shape index (κ1) is 8.17. The second-order valence-corrected chi connectivity index (χ2v) is 3.33. The monoisotopic (exact) mass is 130 g/mol. The summed E-state index contributed by atoms with van der Waals surface area (Å²) < 4.78 is 0. The van der Waals surface area contributed by atoms with Gasteiger partial charge >= 0.3 is 0 Å². The standard InChI is InChI=1S/C7H15P/c1-3-5-7-8-6-4-2/h3,8H,1,4-7H2,2H3. The van der Waals surface area contributed by atoms with E-state index in [1.54, 1.807) is 0 Å². The van der Waals surface area contributed by atoms with E-state index in [0.29, 0.717) is 0 Å². The van der Waals surface area contributed by atoms with Gasteiger partial charge in [0.2, 0.25) is 0 Å². The van der Waals surface area contributed by atoms with Crippen LogP contribution in [0.25, 0.3) is 0 Å². The molecule has 0 saturated carbocycles. The third-order valence-corrected chi connectivity index (χ3v) is 2.45. The lowest BCUT2D eigenvalue weighted by Gasteiger charge is -1.92. The summed E-state index contributed by atoms with van der Waals surface area (Å²) in [6.07, 6.45) is 7.32. The van der Waals surface area contributed by atoms with Crippen LogP contribution in [0.15, 0.2) is 12.7 Å². The van der Waals surface area contributed by atoms with Crippen molar-refractivity contribution in [3.8, 4) is 0 Å². The first-order valence-electron chi connectivity index (χ1n) is 3.23. The van der Waals surface area contributed by atoms with Crippen molar-refractivity contribution in [3.05, 3.63) is 12.7 Å². The SMILES string of the molecule is C=CCCPCCC. The largest absolute Gasteiger partial charge is 0.122 e. The molecular weight excluding hydrogens is 115 g/mol. The molecule has 0 rings (SSSR count). The van der Waals surface area contributed by atoms with Crippen LogP contribution < -0.4 is 0 Å². The zero-order valence-corrected chi connectivity index (χ0v) is 6.61. The molecule has 0 bridgehead atoms. The van der Waals surface area contributed by atoms with Crippen molar-refractivity contribution in [1.29, 1.82) is 0 Å². The molecule has 0 aromatic heterocycles. The number of hydrogen-bond acceptors (Lipinski definition) is 0. The van der Waals surface area contributed by atoms with Crippen LogP contribution in [-0.2, 0) is 0 Å². The zero-order chi connectivity index (χ0) is 6.24. The minimum absolute atomic E-state index is 1.17. The molecule has 0 nitrogen and oxygen atoms in total. The van der Waals surface area contributed by atoms with Crippen molar-refractivity contribution in [3.63, 3.8) is 0 Å². The van der Waals surface area contributed by atoms with Crippen LogP contribution >= 0.6 is 8.58 Å². The van der Waals surface area contributed by atoms with Gasteiger partial charge in [-0.2, -0.15) is 0 Å². The molecule has 0 fully saturated rings. The second kappa shape index (κ2) is 7.17. The van der Waals surface area contributed by atoms with Crippen molar-refractivity contribution in [2.24, 2.45) is 0 Å². The predicted octanol–water partition coefficient (Wildman–Crippen LogP) is 2.65. The van der Waals surface area contributed by atoms with E-state index in [-0.39, 0.29) is 0 Å². The Morgan fingerprint density at radius 3 is 2.75 bits per heavy atom. The fraction of sp³-hybridized carbons (Fsp3) is 0.714. The molecule has 1 heteroatoms.